The van der Waals surface area contributed by atoms with Crippen molar-refractivity contribution in [3.63, 3.8) is 0 Å². The Hall–Kier alpha value is -1.76. The third-order valence-corrected chi connectivity index (χ3v) is 2.98. The van der Waals surface area contributed by atoms with Gasteiger partial charge in [-0.15, -0.1) is 0 Å². The van der Waals surface area contributed by atoms with Crippen molar-refractivity contribution in [1.29, 1.82) is 0 Å². The molecule has 0 saturated carbocycles. The Morgan fingerprint density at radius 3 is 2.40 bits per heavy atom. The summed E-state index contributed by atoms with van der Waals surface area (Å²) in [6, 6.07) is 15.2. The molecule has 1 aromatic heterocycles. The molecule has 1 nitrogen and oxygen atoms in total. The van der Waals surface area contributed by atoms with E-state index < -0.39 is 0 Å². The normalized spacial score (nSPS) is 11.3. The van der Waals surface area contributed by atoms with E-state index in [1.807, 2.05) is 0 Å². The zero-order valence-corrected chi connectivity index (χ0v) is 8.77. The molecule has 15 heavy (non-hydrogen) atoms. The molecule has 1 heterocycles. The zero-order chi connectivity index (χ0) is 10.3. The van der Waals surface area contributed by atoms with E-state index in [4.69, 9.17) is 0 Å². The molecule has 0 radical (unpaired) electrons. The van der Waals surface area contributed by atoms with E-state index >= 15 is 0 Å². The van der Waals surface area contributed by atoms with Gasteiger partial charge in [0.2, 0.25) is 0 Å². The topological polar surface area (TPSA) is 4.93 Å². The molecular formula is C14H13N. The van der Waals surface area contributed by atoms with Gasteiger partial charge in [0.15, 0.2) is 0 Å². The molecule has 0 fully saturated rings. The number of fused-ring (bicyclic) bond motifs is 2. The summed E-state index contributed by atoms with van der Waals surface area (Å²) in [7, 11) is 0. The Morgan fingerprint density at radius 1 is 0.933 bits per heavy atom. The van der Waals surface area contributed by atoms with Crippen LogP contribution in [0.4, 0.5) is 0 Å². The fourth-order valence-electron chi connectivity index (χ4n) is 2.15. The summed E-state index contributed by atoms with van der Waals surface area (Å²) in [5.41, 5.74) is 1.33. The lowest BCUT2D eigenvalue weighted by atomic mass is 10.1. The van der Waals surface area contributed by atoms with Gasteiger partial charge in [-0.2, -0.15) is 0 Å². The first-order chi connectivity index (χ1) is 7.38. The molecule has 0 atom stereocenters. The van der Waals surface area contributed by atoms with Gasteiger partial charge >= 0.3 is 0 Å². The number of benzene rings is 2. The summed E-state index contributed by atoms with van der Waals surface area (Å²) in [6.45, 7) is 3.20. The average molecular weight is 195 g/mol. The van der Waals surface area contributed by atoms with Gasteiger partial charge in [-0.3, -0.25) is 0 Å². The van der Waals surface area contributed by atoms with E-state index in [1.54, 1.807) is 0 Å². The summed E-state index contributed by atoms with van der Waals surface area (Å²) in [6.07, 6.45) is 2.16. The maximum absolute atomic E-state index is 2.28. The van der Waals surface area contributed by atoms with Crippen molar-refractivity contribution in [3.8, 4) is 0 Å². The van der Waals surface area contributed by atoms with Crippen molar-refractivity contribution < 1.29 is 0 Å². The summed E-state index contributed by atoms with van der Waals surface area (Å²) in [5, 5.41) is 3.97. The monoisotopic (exact) mass is 195 g/mol. The summed E-state index contributed by atoms with van der Waals surface area (Å²) in [4.78, 5) is 0. The van der Waals surface area contributed by atoms with Gasteiger partial charge in [0.05, 0.1) is 0 Å². The Balaban J connectivity index is 2.45. The first-order valence-electron chi connectivity index (χ1n) is 5.36. The molecule has 3 rings (SSSR count). The summed E-state index contributed by atoms with van der Waals surface area (Å²) < 4.78 is 2.28. The predicted octanol–water partition coefficient (Wildman–Crippen LogP) is 3.81. The standard InChI is InChI=1S/C14H13N/c1-2-15-8-7-13-9-11-5-3-4-6-12(11)10-14(13)15/h3-10H,2H2,1H3. The first kappa shape index (κ1) is 8.54. The number of nitrogens with zero attached hydrogens (tertiary/aromatic N) is 1. The molecule has 2 aromatic carbocycles. The van der Waals surface area contributed by atoms with E-state index in [0.717, 1.165) is 6.54 Å². The number of rotatable bonds is 1. The highest BCUT2D eigenvalue weighted by Crippen LogP contribution is 2.23. The molecule has 0 amide bonds. The Bertz CT molecular complexity index is 619. The highest BCUT2D eigenvalue weighted by atomic mass is 14.9. The van der Waals surface area contributed by atoms with Crippen molar-refractivity contribution in [2.24, 2.45) is 0 Å². The molecular weight excluding hydrogens is 182 g/mol. The fourth-order valence-corrected chi connectivity index (χ4v) is 2.15. The molecule has 0 unspecified atom stereocenters. The van der Waals surface area contributed by atoms with Gasteiger partial charge in [0.1, 0.15) is 0 Å². The molecule has 0 aliphatic carbocycles. The van der Waals surface area contributed by atoms with Gasteiger partial charge in [0, 0.05) is 23.6 Å². The zero-order valence-electron chi connectivity index (χ0n) is 8.77. The average Bonchev–Trinajstić information content (AvgIpc) is 2.68. The number of hydrogen-bond acceptors (Lipinski definition) is 0. The van der Waals surface area contributed by atoms with Gasteiger partial charge in [-0.05, 0) is 35.9 Å². The van der Waals surface area contributed by atoms with E-state index in [2.05, 4.69) is 60.2 Å². The lowest BCUT2D eigenvalue weighted by molar-refractivity contribution is 0.798. The van der Waals surface area contributed by atoms with E-state index in [-0.39, 0.29) is 0 Å². The second-order valence-electron chi connectivity index (χ2n) is 3.86. The van der Waals surface area contributed by atoms with Crippen molar-refractivity contribution in [2.45, 2.75) is 13.5 Å². The van der Waals surface area contributed by atoms with Crippen molar-refractivity contribution in [3.05, 3.63) is 48.7 Å². The van der Waals surface area contributed by atoms with Crippen LogP contribution in [0.25, 0.3) is 21.7 Å². The van der Waals surface area contributed by atoms with Crippen LogP contribution in [0.1, 0.15) is 6.92 Å². The quantitative estimate of drug-likeness (QED) is 0.556. The summed E-state index contributed by atoms with van der Waals surface area (Å²) >= 11 is 0. The maximum Gasteiger partial charge on any atom is 0.0486 e. The number of hydrogen-bond donors (Lipinski definition) is 0. The highest BCUT2D eigenvalue weighted by molar-refractivity contribution is 5.97. The van der Waals surface area contributed by atoms with Crippen LogP contribution in [0, 0.1) is 0 Å². The van der Waals surface area contributed by atoms with E-state index in [0.29, 0.717) is 0 Å². The molecule has 0 aliphatic rings. The Labute approximate surface area is 88.9 Å². The summed E-state index contributed by atoms with van der Waals surface area (Å²) in [5.74, 6) is 0. The second kappa shape index (κ2) is 3.13. The van der Waals surface area contributed by atoms with Crippen LogP contribution in [-0.4, -0.2) is 4.57 Å². The van der Waals surface area contributed by atoms with Gasteiger partial charge in [-0.1, -0.05) is 24.3 Å². The molecule has 0 saturated heterocycles. The predicted molar refractivity (Wildman–Crippen MR) is 65.1 cm³/mol. The Kier molecular flexibility index (Phi) is 1.78. The third-order valence-electron chi connectivity index (χ3n) is 2.98. The van der Waals surface area contributed by atoms with Crippen molar-refractivity contribution in [2.75, 3.05) is 0 Å². The van der Waals surface area contributed by atoms with E-state index in [1.165, 1.54) is 21.7 Å². The van der Waals surface area contributed by atoms with Crippen LogP contribution < -0.4 is 0 Å². The van der Waals surface area contributed by atoms with Crippen LogP contribution in [0.5, 0.6) is 0 Å². The fraction of sp³-hybridized carbons (Fsp3) is 0.143. The largest absolute Gasteiger partial charge is 0.348 e. The number of aryl methyl sites for hydroxylation is 1. The maximum atomic E-state index is 2.28. The molecule has 0 bridgehead atoms. The van der Waals surface area contributed by atoms with Crippen LogP contribution >= 0.6 is 0 Å². The minimum Gasteiger partial charge on any atom is -0.348 e. The Morgan fingerprint density at radius 2 is 1.67 bits per heavy atom. The SMILES string of the molecule is CCn1ccc2cc3ccccc3cc21. The molecule has 74 valence electrons. The second-order valence-corrected chi connectivity index (χ2v) is 3.86. The van der Waals surface area contributed by atoms with Crippen molar-refractivity contribution >= 4 is 21.7 Å². The first-order valence-corrected chi connectivity index (χ1v) is 5.36. The van der Waals surface area contributed by atoms with Gasteiger partial charge in [-0.25, -0.2) is 0 Å². The van der Waals surface area contributed by atoms with Crippen molar-refractivity contribution in [1.82, 2.24) is 4.57 Å². The van der Waals surface area contributed by atoms with Crippen LogP contribution in [0.2, 0.25) is 0 Å². The lowest BCUT2D eigenvalue weighted by Crippen LogP contribution is -1.90. The van der Waals surface area contributed by atoms with Crippen LogP contribution in [-0.2, 0) is 6.54 Å². The lowest BCUT2D eigenvalue weighted by Gasteiger charge is -2.02. The van der Waals surface area contributed by atoms with E-state index in [9.17, 15) is 0 Å². The molecule has 1 heteroatoms. The van der Waals surface area contributed by atoms with Gasteiger partial charge in [0.25, 0.3) is 0 Å². The number of aromatic nitrogens is 1. The molecule has 3 aromatic rings. The minimum absolute atomic E-state index is 1.03. The molecule has 0 spiro atoms. The molecule has 0 aliphatic heterocycles. The highest BCUT2D eigenvalue weighted by Gasteiger charge is 2.01. The third kappa shape index (κ3) is 1.23. The van der Waals surface area contributed by atoms with Gasteiger partial charge < -0.3 is 4.57 Å². The minimum atomic E-state index is 1.03. The smallest absolute Gasteiger partial charge is 0.0486 e. The van der Waals surface area contributed by atoms with Crippen LogP contribution in [0.3, 0.4) is 0 Å². The molecule has 0 N–H and O–H groups in total. The van der Waals surface area contributed by atoms with Crippen LogP contribution in [0.15, 0.2) is 48.7 Å².